The normalized spacial score (nSPS) is 18.9. The van der Waals surface area contributed by atoms with E-state index in [4.69, 9.17) is 0 Å². The van der Waals surface area contributed by atoms with Crippen LogP contribution in [-0.4, -0.2) is 18.1 Å². The van der Waals surface area contributed by atoms with Gasteiger partial charge in [-0.15, -0.1) is 0 Å². The molecule has 0 atom stereocenters. The molecule has 0 spiro atoms. The van der Waals surface area contributed by atoms with Gasteiger partial charge >= 0.3 is 0 Å². The van der Waals surface area contributed by atoms with Gasteiger partial charge in [0.25, 0.3) is 0 Å². The van der Waals surface area contributed by atoms with Crippen LogP contribution in [0.15, 0.2) is 12.1 Å². The van der Waals surface area contributed by atoms with Crippen molar-refractivity contribution in [2.24, 2.45) is 5.41 Å². The summed E-state index contributed by atoms with van der Waals surface area (Å²) in [6.07, 6.45) is 4.86. The molecule has 0 radical (unpaired) electrons. The highest BCUT2D eigenvalue weighted by Crippen LogP contribution is 2.37. The van der Waals surface area contributed by atoms with Gasteiger partial charge in [0.1, 0.15) is 11.9 Å². The number of nitrogens with zero attached hydrogens (tertiary/aromatic N) is 3. The lowest BCUT2D eigenvalue weighted by atomic mass is 9.75. The van der Waals surface area contributed by atoms with E-state index in [1.54, 1.807) is 0 Å². The molecule has 0 aromatic carbocycles. The maximum atomic E-state index is 9.22. The topological polar surface area (TPSA) is 39.9 Å². The van der Waals surface area contributed by atoms with Crippen LogP contribution in [0.1, 0.15) is 50.8 Å². The van der Waals surface area contributed by atoms with E-state index in [-0.39, 0.29) is 0 Å². The van der Waals surface area contributed by atoms with E-state index in [0.717, 1.165) is 11.5 Å². The average molecular weight is 257 g/mol. The largest absolute Gasteiger partial charge is 0.356 e. The summed E-state index contributed by atoms with van der Waals surface area (Å²) in [5.74, 6) is 0.840. The van der Waals surface area contributed by atoms with E-state index in [1.807, 2.05) is 19.1 Å². The number of nitriles is 1. The number of hydrogen-bond acceptors (Lipinski definition) is 3. The van der Waals surface area contributed by atoms with Gasteiger partial charge in [-0.3, -0.25) is 0 Å². The number of aromatic nitrogens is 1. The van der Waals surface area contributed by atoms with E-state index in [2.05, 4.69) is 36.8 Å². The molecule has 1 aliphatic rings. The lowest BCUT2D eigenvalue weighted by Gasteiger charge is -2.39. The van der Waals surface area contributed by atoms with E-state index in [1.165, 1.54) is 25.7 Å². The first-order valence-corrected chi connectivity index (χ1v) is 7.03. The third kappa shape index (κ3) is 3.07. The summed E-state index contributed by atoms with van der Waals surface area (Å²) in [5.41, 5.74) is 2.12. The molecule has 1 aliphatic carbocycles. The van der Waals surface area contributed by atoms with Gasteiger partial charge in [0.05, 0.1) is 5.56 Å². The van der Waals surface area contributed by atoms with Crippen molar-refractivity contribution in [3.05, 3.63) is 23.4 Å². The summed E-state index contributed by atoms with van der Waals surface area (Å²) in [4.78, 5) is 6.77. The van der Waals surface area contributed by atoms with Crippen molar-refractivity contribution in [1.82, 2.24) is 4.98 Å². The summed E-state index contributed by atoms with van der Waals surface area (Å²) in [7, 11) is 2.08. The standard InChI is InChI=1S/C16H23N3/c1-12-5-6-13(11-17)15(18-12)19(4)14-7-9-16(2,3)10-8-14/h5-6,14H,7-10H2,1-4H3. The Bertz CT molecular complexity index is 489. The molecule has 2 rings (SSSR count). The fraction of sp³-hybridized carbons (Fsp3) is 0.625. The molecule has 102 valence electrons. The number of pyridine rings is 1. The Morgan fingerprint density at radius 1 is 1.32 bits per heavy atom. The molecular formula is C16H23N3. The highest BCUT2D eigenvalue weighted by Gasteiger charge is 2.29. The smallest absolute Gasteiger partial charge is 0.146 e. The number of anilines is 1. The molecule has 3 heteroatoms. The molecule has 1 saturated carbocycles. The van der Waals surface area contributed by atoms with Crippen LogP contribution < -0.4 is 4.90 Å². The summed E-state index contributed by atoms with van der Waals surface area (Å²) in [6, 6.07) is 6.54. The Labute approximate surface area is 116 Å². The summed E-state index contributed by atoms with van der Waals surface area (Å²) >= 11 is 0. The third-order valence-corrected chi connectivity index (χ3v) is 4.33. The van der Waals surface area contributed by atoms with Crippen molar-refractivity contribution in [3.63, 3.8) is 0 Å². The monoisotopic (exact) mass is 257 g/mol. The molecular weight excluding hydrogens is 234 g/mol. The van der Waals surface area contributed by atoms with Crippen LogP contribution in [-0.2, 0) is 0 Å². The van der Waals surface area contributed by atoms with Gasteiger partial charge in [-0.1, -0.05) is 13.8 Å². The molecule has 1 heterocycles. The van der Waals surface area contributed by atoms with Gasteiger partial charge in [0, 0.05) is 18.8 Å². The molecule has 1 fully saturated rings. The van der Waals surface area contributed by atoms with Gasteiger partial charge in [-0.2, -0.15) is 5.26 Å². The second-order valence-electron chi connectivity index (χ2n) is 6.44. The van der Waals surface area contributed by atoms with E-state index >= 15 is 0 Å². The van der Waals surface area contributed by atoms with Crippen LogP contribution in [0, 0.1) is 23.7 Å². The zero-order chi connectivity index (χ0) is 14.0. The Hall–Kier alpha value is -1.56. The van der Waals surface area contributed by atoms with Crippen molar-refractivity contribution >= 4 is 5.82 Å². The number of hydrogen-bond donors (Lipinski definition) is 0. The fourth-order valence-corrected chi connectivity index (χ4v) is 2.84. The molecule has 3 nitrogen and oxygen atoms in total. The van der Waals surface area contributed by atoms with Gasteiger partial charge in [-0.25, -0.2) is 4.98 Å². The highest BCUT2D eigenvalue weighted by molar-refractivity contribution is 5.54. The van der Waals surface area contributed by atoms with Crippen LogP contribution in [0.2, 0.25) is 0 Å². The Balaban J connectivity index is 2.19. The maximum absolute atomic E-state index is 9.22. The minimum atomic E-state index is 0.468. The second-order valence-corrected chi connectivity index (χ2v) is 6.44. The third-order valence-electron chi connectivity index (χ3n) is 4.33. The van der Waals surface area contributed by atoms with Crippen molar-refractivity contribution in [3.8, 4) is 6.07 Å². The predicted octanol–water partition coefficient (Wildman–Crippen LogP) is 3.67. The van der Waals surface area contributed by atoms with Gasteiger partial charge in [0.15, 0.2) is 0 Å². The van der Waals surface area contributed by atoms with Gasteiger partial charge in [-0.05, 0) is 50.2 Å². The maximum Gasteiger partial charge on any atom is 0.146 e. The zero-order valence-corrected chi connectivity index (χ0v) is 12.4. The van der Waals surface area contributed by atoms with Crippen LogP contribution in [0.25, 0.3) is 0 Å². The minimum absolute atomic E-state index is 0.468. The molecule has 0 unspecified atom stereocenters. The Morgan fingerprint density at radius 2 is 1.95 bits per heavy atom. The lowest BCUT2D eigenvalue weighted by Crippen LogP contribution is -2.38. The molecule has 0 aliphatic heterocycles. The quantitative estimate of drug-likeness (QED) is 0.811. The SMILES string of the molecule is Cc1ccc(C#N)c(N(C)C2CCC(C)(C)CC2)n1. The molecule has 19 heavy (non-hydrogen) atoms. The molecule has 0 amide bonds. The van der Waals surface area contributed by atoms with Crippen molar-refractivity contribution in [1.29, 1.82) is 5.26 Å². The molecule has 1 aromatic rings. The molecule has 1 aromatic heterocycles. The van der Waals surface area contributed by atoms with E-state index < -0.39 is 0 Å². The Morgan fingerprint density at radius 3 is 2.53 bits per heavy atom. The van der Waals surface area contributed by atoms with Crippen LogP contribution in [0.4, 0.5) is 5.82 Å². The fourth-order valence-electron chi connectivity index (χ4n) is 2.84. The van der Waals surface area contributed by atoms with Crippen molar-refractivity contribution in [2.75, 3.05) is 11.9 Å². The van der Waals surface area contributed by atoms with Gasteiger partial charge in [0.2, 0.25) is 0 Å². The first kappa shape index (κ1) is 13.9. The zero-order valence-electron chi connectivity index (χ0n) is 12.4. The summed E-state index contributed by atoms with van der Waals surface area (Å²) in [5, 5.41) is 9.22. The average Bonchev–Trinajstić information content (AvgIpc) is 2.38. The first-order valence-electron chi connectivity index (χ1n) is 7.03. The number of rotatable bonds is 2. The highest BCUT2D eigenvalue weighted by atomic mass is 15.2. The molecule has 0 bridgehead atoms. The van der Waals surface area contributed by atoms with Crippen LogP contribution in [0.3, 0.4) is 0 Å². The van der Waals surface area contributed by atoms with Crippen LogP contribution in [0.5, 0.6) is 0 Å². The predicted molar refractivity (Wildman–Crippen MR) is 78.1 cm³/mol. The summed E-state index contributed by atoms with van der Waals surface area (Å²) in [6.45, 7) is 6.66. The first-order chi connectivity index (χ1) is 8.93. The van der Waals surface area contributed by atoms with Gasteiger partial charge < -0.3 is 4.90 Å². The number of aryl methyl sites for hydroxylation is 1. The van der Waals surface area contributed by atoms with E-state index in [9.17, 15) is 5.26 Å². The molecule has 0 N–H and O–H groups in total. The van der Waals surface area contributed by atoms with Crippen molar-refractivity contribution in [2.45, 2.75) is 52.5 Å². The van der Waals surface area contributed by atoms with E-state index in [0.29, 0.717) is 17.0 Å². The summed E-state index contributed by atoms with van der Waals surface area (Å²) < 4.78 is 0. The second kappa shape index (κ2) is 5.21. The van der Waals surface area contributed by atoms with Crippen LogP contribution >= 0.6 is 0 Å². The Kier molecular flexibility index (Phi) is 3.80. The minimum Gasteiger partial charge on any atom is -0.356 e. The lowest BCUT2D eigenvalue weighted by molar-refractivity contribution is 0.222. The van der Waals surface area contributed by atoms with Crippen molar-refractivity contribution < 1.29 is 0 Å². The molecule has 0 saturated heterocycles.